The molecule has 1 atom stereocenters. The van der Waals surface area contributed by atoms with Crippen molar-refractivity contribution in [1.82, 2.24) is 25.3 Å². The number of aryl methyl sites for hydroxylation is 1. The van der Waals surface area contributed by atoms with Crippen LogP contribution in [0.2, 0.25) is 5.15 Å². The summed E-state index contributed by atoms with van der Waals surface area (Å²) < 4.78 is 5.49. The lowest BCUT2D eigenvalue weighted by Crippen LogP contribution is -2.33. The number of halogens is 1. The number of rotatable bonds is 8. The van der Waals surface area contributed by atoms with Crippen LogP contribution in [0.1, 0.15) is 38.4 Å². The van der Waals surface area contributed by atoms with E-state index in [1.165, 1.54) is 17.2 Å². The van der Waals surface area contributed by atoms with Crippen molar-refractivity contribution < 1.29 is 24.5 Å². The summed E-state index contributed by atoms with van der Waals surface area (Å²) in [4.78, 5) is 43.1. The molecule has 0 saturated carbocycles. The number of anilines is 2. The van der Waals surface area contributed by atoms with Crippen LogP contribution in [0.4, 0.5) is 11.8 Å². The van der Waals surface area contributed by atoms with Crippen molar-refractivity contribution in [2.24, 2.45) is 0 Å². The molecule has 6 N–H and O–H groups in total. The molecule has 1 unspecified atom stereocenters. The van der Waals surface area contributed by atoms with Crippen LogP contribution in [0, 0.1) is 13.8 Å². The first-order valence-electron chi connectivity index (χ1n) is 11.3. The number of hydrogen-bond acceptors (Lipinski definition) is 9. The minimum atomic E-state index is -1.07. The second-order valence-electron chi connectivity index (χ2n) is 8.46. The van der Waals surface area contributed by atoms with Crippen LogP contribution in [0.3, 0.4) is 0 Å². The summed E-state index contributed by atoms with van der Waals surface area (Å²) >= 11 is 6.40. The van der Waals surface area contributed by atoms with Crippen molar-refractivity contribution in [3.8, 4) is 5.75 Å². The topological polar surface area (TPSA) is 180 Å². The second-order valence-corrected chi connectivity index (χ2v) is 8.81. The first-order chi connectivity index (χ1) is 17.6. The van der Waals surface area contributed by atoms with Crippen LogP contribution in [-0.2, 0) is 11.3 Å². The van der Waals surface area contributed by atoms with Gasteiger partial charge < -0.3 is 31.0 Å². The lowest BCUT2D eigenvalue weighted by Gasteiger charge is -2.19. The van der Waals surface area contributed by atoms with Gasteiger partial charge in [0.1, 0.15) is 10.9 Å². The number of nitrogens with one attached hydrogen (secondary N) is 2. The molecule has 1 aliphatic heterocycles. The molecule has 0 fully saturated rings. The molecule has 0 aromatic carbocycles. The van der Waals surface area contributed by atoms with Gasteiger partial charge in [-0.15, -0.1) is 0 Å². The van der Waals surface area contributed by atoms with Crippen LogP contribution in [-0.4, -0.2) is 68.3 Å². The first-order valence-corrected chi connectivity index (χ1v) is 11.6. The molecule has 0 spiro atoms. The molecule has 3 aromatic heterocycles. The Morgan fingerprint density at radius 1 is 1.38 bits per heavy atom. The van der Waals surface area contributed by atoms with E-state index in [2.05, 4.69) is 25.3 Å². The predicted octanol–water partition coefficient (Wildman–Crippen LogP) is 1.23. The van der Waals surface area contributed by atoms with Crippen molar-refractivity contribution in [2.45, 2.75) is 26.5 Å². The molecule has 0 bridgehead atoms. The van der Waals surface area contributed by atoms with E-state index in [1.807, 2.05) is 13.8 Å². The Bertz CT molecular complexity index is 1400. The predicted molar refractivity (Wildman–Crippen MR) is 137 cm³/mol. The van der Waals surface area contributed by atoms with Gasteiger partial charge in [0.2, 0.25) is 5.95 Å². The number of carbonyl (C=O) groups excluding carboxylic acids is 2. The number of hydrogen-bond donors (Lipinski definition) is 5. The van der Waals surface area contributed by atoms with Crippen molar-refractivity contribution in [2.75, 3.05) is 30.9 Å². The van der Waals surface area contributed by atoms with Gasteiger partial charge >= 0.3 is 0 Å². The van der Waals surface area contributed by atoms with Gasteiger partial charge in [-0.2, -0.15) is 4.98 Å². The van der Waals surface area contributed by atoms with E-state index >= 15 is 0 Å². The summed E-state index contributed by atoms with van der Waals surface area (Å²) in [5.74, 6) is -0.0205. The molecule has 1 aliphatic rings. The molecular formula is C24H26ClN7O5. The normalized spacial score (nSPS) is 14.7. The number of carbonyl (C=O) groups is 2. The number of nitrogens with two attached hydrogens (primary N) is 1. The number of nitrogen functional groups attached to an aromatic ring is 1. The summed E-state index contributed by atoms with van der Waals surface area (Å²) in [5, 5.41) is 20.9. The van der Waals surface area contributed by atoms with Crippen LogP contribution in [0.25, 0.3) is 11.6 Å². The zero-order valence-electron chi connectivity index (χ0n) is 20.4. The van der Waals surface area contributed by atoms with Gasteiger partial charge in [-0.25, -0.2) is 4.98 Å². The van der Waals surface area contributed by atoms with Crippen LogP contribution < -0.4 is 20.7 Å². The first kappa shape index (κ1) is 26.1. The van der Waals surface area contributed by atoms with Crippen molar-refractivity contribution >= 4 is 46.8 Å². The van der Waals surface area contributed by atoms with E-state index in [9.17, 15) is 14.7 Å². The maximum absolute atomic E-state index is 13.6. The molecule has 3 aromatic rings. The highest BCUT2D eigenvalue weighted by molar-refractivity contribution is 6.41. The molecule has 0 saturated heterocycles. The Labute approximate surface area is 217 Å². The average molecular weight is 528 g/mol. The number of nitrogens with zero attached hydrogens (tertiary/aromatic N) is 4. The fourth-order valence-electron chi connectivity index (χ4n) is 4.03. The number of amides is 2. The Morgan fingerprint density at radius 3 is 2.84 bits per heavy atom. The third kappa shape index (κ3) is 5.12. The van der Waals surface area contributed by atoms with Crippen LogP contribution >= 0.6 is 11.6 Å². The fraction of sp³-hybridized carbons (Fsp3) is 0.292. The number of pyridine rings is 1. The van der Waals surface area contributed by atoms with E-state index in [4.69, 9.17) is 27.2 Å². The molecule has 4 rings (SSSR count). The third-order valence-electron chi connectivity index (χ3n) is 5.90. The van der Waals surface area contributed by atoms with Crippen LogP contribution in [0.15, 0.2) is 18.5 Å². The second kappa shape index (κ2) is 10.5. The SMILES string of the molecule is COc1c(C)cnc(CN2C(=O)C(=Cc3cc(C(=O)NCC(O)CO)c[nH]3)c3c(Cl)nc(N)nc32)c1C. The number of aliphatic hydroxyl groups excluding tert-OH is 2. The van der Waals surface area contributed by atoms with Gasteiger partial charge in [0.15, 0.2) is 5.82 Å². The van der Waals surface area contributed by atoms with Gasteiger partial charge in [0.25, 0.3) is 11.8 Å². The molecule has 2 amide bonds. The fourth-order valence-corrected chi connectivity index (χ4v) is 4.31. The van der Waals surface area contributed by atoms with Gasteiger partial charge in [0.05, 0.1) is 48.8 Å². The lowest BCUT2D eigenvalue weighted by atomic mass is 10.1. The van der Waals surface area contributed by atoms with Gasteiger partial charge in [0, 0.05) is 35.8 Å². The molecule has 0 aliphatic carbocycles. The smallest absolute Gasteiger partial charge is 0.260 e. The standard InChI is InChI=1S/C24H26ClN7O5/c1-11-6-28-17(12(2)19(11)37-3)9-32-21-18(20(25)30-24(26)31-21)16(23(32)36)5-14-4-13(7-27-14)22(35)29-8-15(34)10-33/h4-7,15,27,33-34H,8-10H2,1-3H3,(H,29,35)(H2,26,30,31). The molecule has 194 valence electrons. The summed E-state index contributed by atoms with van der Waals surface area (Å²) in [6.07, 6.45) is 3.61. The Hall–Kier alpha value is -4.00. The van der Waals surface area contributed by atoms with Gasteiger partial charge in [-0.3, -0.25) is 19.5 Å². The Balaban J connectivity index is 1.69. The summed E-state index contributed by atoms with van der Waals surface area (Å²) in [5.41, 5.74) is 9.34. The summed E-state index contributed by atoms with van der Waals surface area (Å²) in [6.45, 7) is 3.25. The van der Waals surface area contributed by atoms with Crippen LogP contribution in [0.5, 0.6) is 5.75 Å². The molecule has 12 nitrogen and oxygen atoms in total. The van der Waals surface area contributed by atoms with E-state index in [1.54, 1.807) is 19.4 Å². The number of aromatic amines is 1. The minimum Gasteiger partial charge on any atom is -0.496 e. The maximum atomic E-state index is 13.6. The van der Waals surface area contributed by atoms with Crippen molar-refractivity contribution in [3.63, 3.8) is 0 Å². The largest absolute Gasteiger partial charge is 0.496 e. The third-order valence-corrected chi connectivity index (χ3v) is 6.17. The van der Waals surface area contributed by atoms with E-state index in [0.717, 1.165) is 11.1 Å². The van der Waals surface area contributed by atoms with Gasteiger partial charge in [-0.1, -0.05) is 11.6 Å². The van der Waals surface area contributed by atoms with E-state index < -0.39 is 24.5 Å². The number of methoxy groups -OCH3 is 1. The van der Waals surface area contributed by atoms with E-state index in [0.29, 0.717) is 22.7 Å². The quantitative estimate of drug-likeness (QED) is 0.213. The molecule has 13 heteroatoms. The Morgan fingerprint density at radius 2 is 2.14 bits per heavy atom. The summed E-state index contributed by atoms with van der Waals surface area (Å²) in [6, 6.07) is 1.53. The zero-order valence-corrected chi connectivity index (χ0v) is 21.1. The number of H-pyrrole nitrogens is 1. The Kier molecular flexibility index (Phi) is 7.43. The monoisotopic (exact) mass is 527 g/mol. The number of aromatic nitrogens is 4. The number of ether oxygens (including phenoxy) is 1. The van der Waals surface area contributed by atoms with Crippen molar-refractivity contribution in [1.29, 1.82) is 0 Å². The number of aliphatic hydroxyl groups is 2. The lowest BCUT2D eigenvalue weighted by molar-refractivity contribution is -0.113. The highest BCUT2D eigenvalue weighted by Gasteiger charge is 2.37. The summed E-state index contributed by atoms with van der Waals surface area (Å²) in [7, 11) is 1.57. The average Bonchev–Trinajstić information content (AvgIpc) is 3.43. The molecular weight excluding hydrogens is 502 g/mol. The maximum Gasteiger partial charge on any atom is 0.260 e. The molecule has 0 radical (unpaired) electrons. The molecule has 4 heterocycles. The van der Waals surface area contributed by atoms with E-state index in [-0.39, 0.29) is 41.1 Å². The van der Waals surface area contributed by atoms with Gasteiger partial charge in [-0.05, 0) is 26.0 Å². The number of fused-ring (bicyclic) bond motifs is 1. The highest BCUT2D eigenvalue weighted by Crippen LogP contribution is 2.41. The molecule has 37 heavy (non-hydrogen) atoms. The minimum absolute atomic E-state index is 0.0123. The zero-order chi connectivity index (χ0) is 26.9. The highest BCUT2D eigenvalue weighted by atomic mass is 35.5. The van der Waals surface area contributed by atoms with Crippen molar-refractivity contribution in [3.05, 3.63) is 57.3 Å².